The van der Waals surface area contributed by atoms with Gasteiger partial charge in [-0.25, -0.2) is 9.18 Å². The molecule has 1 aliphatic rings. The van der Waals surface area contributed by atoms with Crippen LogP contribution in [0, 0.1) is 5.82 Å². The van der Waals surface area contributed by atoms with Gasteiger partial charge in [-0.2, -0.15) is 0 Å². The second kappa shape index (κ2) is 8.19. The Morgan fingerprint density at radius 2 is 1.89 bits per heavy atom. The third-order valence-corrected chi connectivity index (χ3v) is 5.49. The number of ether oxygens (including phenoxy) is 1. The fourth-order valence-electron chi connectivity index (χ4n) is 3.54. The molecule has 7 heteroatoms. The Morgan fingerprint density at radius 3 is 2.46 bits per heavy atom. The van der Waals surface area contributed by atoms with Crippen molar-refractivity contribution in [2.24, 2.45) is 5.73 Å². The topological polar surface area (TPSA) is 72.6 Å². The minimum atomic E-state index is -1.00. The minimum absolute atomic E-state index is 0.0669. The summed E-state index contributed by atoms with van der Waals surface area (Å²) in [4.78, 5) is 25.8. The predicted octanol–water partition coefficient (Wildman–Crippen LogP) is 4.54. The van der Waals surface area contributed by atoms with Crippen molar-refractivity contribution in [3.8, 4) is 0 Å². The van der Waals surface area contributed by atoms with Crippen molar-refractivity contribution in [2.45, 2.75) is 37.8 Å². The molecule has 1 heterocycles. The lowest BCUT2D eigenvalue weighted by Gasteiger charge is -2.43. The monoisotopic (exact) mass is 404 g/mol. The van der Waals surface area contributed by atoms with Crippen LogP contribution in [-0.4, -0.2) is 23.4 Å². The van der Waals surface area contributed by atoms with E-state index in [9.17, 15) is 14.0 Å². The number of hydrogen-bond donors (Lipinski definition) is 1. The molecule has 0 radical (unpaired) electrons. The Kier molecular flexibility index (Phi) is 5.89. The lowest BCUT2D eigenvalue weighted by molar-refractivity contribution is -0.121. The van der Waals surface area contributed by atoms with Gasteiger partial charge in [-0.05, 0) is 42.3 Å². The highest BCUT2D eigenvalue weighted by Gasteiger charge is 2.43. The number of amides is 2. The lowest BCUT2D eigenvalue weighted by Crippen LogP contribution is -2.49. The van der Waals surface area contributed by atoms with Gasteiger partial charge in [-0.3, -0.25) is 4.79 Å². The zero-order valence-electron chi connectivity index (χ0n) is 15.5. The molecule has 28 heavy (non-hydrogen) atoms. The number of primary amides is 1. The average molecular weight is 405 g/mol. The number of nitrogens with zero attached hydrogens (tertiary/aromatic N) is 1. The second-order valence-electron chi connectivity index (χ2n) is 7.01. The highest BCUT2D eigenvalue weighted by Crippen LogP contribution is 2.40. The number of carbonyl (C=O) groups is 2. The molecule has 2 aromatic rings. The molecule has 5 nitrogen and oxygen atoms in total. The van der Waals surface area contributed by atoms with Crippen molar-refractivity contribution in [1.82, 2.24) is 4.90 Å². The van der Waals surface area contributed by atoms with E-state index < -0.39 is 17.6 Å². The van der Waals surface area contributed by atoms with Crippen LogP contribution < -0.4 is 5.73 Å². The maximum atomic E-state index is 13.4. The zero-order chi connectivity index (χ0) is 20.3. The van der Waals surface area contributed by atoms with E-state index >= 15 is 0 Å². The summed E-state index contributed by atoms with van der Waals surface area (Å²) in [6.07, 6.45) is 0.304. The van der Waals surface area contributed by atoms with Gasteiger partial charge in [0.15, 0.2) is 0 Å². The zero-order valence-corrected chi connectivity index (χ0v) is 16.3. The van der Waals surface area contributed by atoms with Crippen molar-refractivity contribution in [1.29, 1.82) is 0 Å². The van der Waals surface area contributed by atoms with Crippen LogP contribution in [0.3, 0.4) is 0 Å². The van der Waals surface area contributed by atoms with Crippen LogP contribution in [0.15, 0.2) is 48.5 Å². The molecule has 3 rings (SSSR count). The maximum Gasteiger partial charge on any atom is 0.411 e. The summed E-state index contributed by atoms with van der Waals surface area (Å²) in [6, 6.07) is 12.9. The number of hydrogen-bond acceptors (Lipinski definition) is 3. The third kappa shape index (κ3) is 4.28. The number of halogens is 2. The maximum absolute atomic E-state index is 13.4. The highest BCUT2D eigenvalue weighted by molar-refractivity contribution is 6.30. The Morgan fingerprint density at radius 1 is 1.25 bits per heavy atom. The average Bonchev–Trinajstić information content (AvgIpc) is 2.67. The van der Waals surface area contributed by atoms with Crippen molar-refractivity contribution in [3.63, 3.8) is 0 Å². The molecule has 0 bridgehead atoms. The molecule has 2 N–H and O–H groups in total. The van der Waals surface area contributed by atoms with E-state index in [4.69, 9.17) is 22.1 Å². The first-order chi connectivity index (χ1) is 13.3. The van der Waals surface area contributed by atoms with E-state index in [0.717, 1.165) is 5.56 Å². The molecule has 2 atom stereocenters. The summed E-state index contributed by atoms with van der Waals surface area (Å²) < 4.78 is 19.2. The summed E-state index contributed by atoms with van der Waals surface area (Å²) in [5, 5.41) is 0.624. The fraction of sp³-hybridized carbons (Fsp3) is 0.333. The van der Waals surface area contributed by atoms with Crippen LogP contribution in [-0.2, 0) is 15.1 Å². The van der Waals surface area contributed by atoms with Gasteiger partial charge < -0.3 is 15.4 Å². The molecule has 0 spiro atoms. The largest absolute Gasteiger partial charge is 0.438 e. The summed E-state index contributed by atoms with van der Waals surface area (Å²) >= 11 is 5.94. The van der Waals surface area contributed by atoms with Crippen molar-refractivity contribution in [2.75, 3.05) is 6.54 Å². The number of rotatable bonds is 6. The smallest absolute Gasteiger partial charge is 0.411 e. The summed E-state index contributed by atoms with van der Waals surface area (Å²) in [5.74, 6) is -0.858. The number of carbonyl (C=O) groups excluding carboxylic acids is 2. The van der Waals surface area contributed by atoms with Crippen molar-refractivity contribution < 1.29 is 18.7 Å². The molecule has 1 saturated heterocycles. The van der Waals surface area contributed by atoms with E-state index in [-0.39, 0.29) is 24.7 Å². The Labute approximate surface area is 168 Å². The van der Waals surface area contributed by atoms with Gasteiger partial charge in [0.05, 0.1) is 6.04 Å². The van der Waals surface area contributed by atoms with Gasteiger partial charge in [0, 0.05) is 30.8 Å². The molecule has 0 aliphatic carbocycles. The third-order valence-electron chi connectivity index (χ3n) is 5.24. The van der Waals surface area contributed by atoms with Gasteiger partial charge >= 0.3 is 6.09 Å². The first-order valence-electron chi connectivity index (χ1n) is 9.10. The van der Waals surface area contributed by atoms with Crippen LogP contribution in [0.4, 0.5) is 9.18 Å². The van der Waals surface area contributed by atoms with Gasteiger partial charge in [0.25, 0.3) is 0 Å². The van der Waals surface area contributed by atoms with E-state index in [2.05, 4.69) is 0 Å². The first kappa shape index (κ1) is 20.1. The molecule has 2 aromatic carbocycles. The lowest BCUT2D eigenvalue weighted by atomic mass is 9.84. The van der Waals surface area contributed by atoms with Crippen LogP contribution >= 0.6 is 11.6 Å². The summed E-state index contributed by atoms with van der Waals surface area (Å²) in [6.45, 7) is 2.34. The standard InChI is InChI=1S/C21H22ClFN2O3/c1-14(15-2-6-17(22)7-3-15)25-13-12-21(28-20(25)27,11-10-19(24)26)16-4-8-18(23)9-5-16/h2-9,14H,10-13H2,1H3,(H2,24,26)/t14-,21-/m0/s1. The SMILES string of the molecule is C[C@@H](c1ccc(Cl)cc1)N1CC[C@@](CCC(N)=O)(c2ccc(F)cc2)OC1=O. The van der Waals surface area contributed by atoms with E-state index in [1.165, 1.54) is 12.1 Å². The van der Waals surface area contributed by atoms with Crippen LogP contribution in [0.25, 0.3) is 0 Å². The normalized spacial score (nSPS) is 20.5. The first-order valence-corrected chi connectivity index (χ1v) is 9.48. The summed E-state index contributed by atoms with van der Waals surface area (Å²) in [5.41, 5.74) is 5.90. The predicted molar refractivity (Wildman–Crippen MR) is 104 cm³/mol. The van der Waals surface area contributed by atoms with E-state index in [1.807, 2.05) is 19.1 Å². The molecule has 0 saturated carbocycles. The van der Waals surface area contributed by atoms with Crippen LogP contribution in [0.1, 0.15) is 43.4 Å². The molecule has 1 fully saturated rings. The fourth-order valence-corrected chi connectivity index (χ4v) is 3.67. The van der Waals surface area contributed by atoms with E-state index in [0.29, 0.717) is 23.6 Å². The summed E-state index contributed by atoms with van der Waals surface area (Å²) in [7, 11) is 0. The molecule has 1 aliphatic heterocycles. The van der Waals surface area contributed by atoms with Gasteiger partial charge in [-0.15, -0.1) is 0 Å². The Balaban J connectivity index is 1.83. The van der Waals surface area contributed by atoms with Gasteiger partial charge in [0.2, 0.25) is 5.91 Å². The van der Waals surface area contributed by atoms with Crippen molar-refractivity contribution >= 4 is 23.6 Å². The van der Waals surface area contributed by atoms with Gasteiger partial charge in [0.1, 0.15) is 11.4 Å². The molecule has 148 valence electrons. The van der Waals surface area contributed by atoms with E-state index in [1.54, 1.807) is 29.2 Å². The molecular weight excluding hydrogens is 383 g/mol. The Bertz CT molecular complexity index is 857. The molecule has 2 amide bonds. The van der Waals surface area contributed by atoms with Crippen molar-refractivity contribution in [3.05, 3.63) is 70.5 Å². The molecule has 0 aromatic heterocycles. The second-order valence-corrected chi connectivity index (χ2v) is 7.44. The Hall–Kier alpha value is -2.60. The van der Waals surface area contributed by atoms with Crippen LogP contribution in [0.2, 0.25) is 5.02 Å². The molecular formula is C21H22ClFN2O3. The quantitative estimate of drug-likeness (QED) is 0.767. The van der Waals surface area contributed by atoms with Crippen LogP contribution in [0.5, 0.6) is 0 Å². The number of nitrogens with two attached hydrogens (primary N) is 1. The number of cyclic esters (lactones) is 1. The minimum Gasteiger partial charge on any atom is -0.438 e. The number of benzene rings is 2. The highest BCUT2D eigenvalue weighted by atomic mass is 35.5. The van der Waals surface area contributed by atoms with Gasteiger partial charge in [-0.1, -0.05) is 35.9 Å². The molecule has 0 unspecified atom stereocenters.